The molecule has 3 nitrogen and oxygen atoms in total. The third-order valence-electron chi connectivity index (χ3n) is 3.83. The summed E-state index contributed by atoms with van der Waals surface area (Å²) in [4.78, 5) is 5.72. The lowest BCUT2D eigenvalue weighted by atomic mass is 9.79. The van der Waals surface area contributed by atoms with Crippen molar-refractivity contribution >= 4 is 11.3 Å². The zero-order chi connectivity index (χ0) is 14.8. The second-order valence-corrected chi connectivity index (χ2v) is 6.68. The molecule has 0 saturated heterocycles. The Labute approximate surface area is 123 Å². The van der Waals surface area contributed by atoms with Crippen molar-refractivity contribution in [2.45, 2.75) is 32.6 Å². The van der Waals surface area contributed by atoms with Gasteiger partial charge in [-0.2, -0.15) is 0 Å². The Balaban J connectivity index is 2.36. The fourth-order valence-corrected chi connectivity index (χ4v) is 3.34. The molecule has 1 aromatic heterocycles. The number of aliphatic hydroxyl groups excluding tert-OH is 2. The molecule has 0 amide bonds. The molecule has 0 radical (unpaired) electrons. The summed E-state index contributed by atoms with van der Waals surface area (Å²) in [5.74, 6) is 0. The van der Waals surface area contributed by atoms with Crippen LogP contribution in [0.3, 0.4) is 0 Å². The molecule has 0 aliphatic carbocycles. The Bertz CT molecular complexity index is 551. The maximum atomic E-state index is 9.85. The quantitative estimate of drug-likeness (QED) is 0.890. The first-order valence-corrected chi connectivity index (χ1v) is 7.54. The Morgan fingerprint density at radius 1 is 1.05 bits per heavy atom. The molecule has 0 unspecified atom stereocenters. The summed E-state index contributed by atoms with van der Waals surface area (Å²) in [6.07, 6.45) is 0.558. The van der Waals surface area contributed by atoms with Crippen molar-refractivity contribution in [3.05, 3.63) is 51.0 Å². The van der Waals surface area contributed by atoms with Gasteiger partial charge in [0.2, 0.25) is 0 Å². The largest absolute Gasteiger partial charge is 0.395 e. The lowest BCUT2D eigenvalue weighted by Crippen LogP contribution is -2.37. The molecule has 2 aromatic rings. The van der Waals surface area contributed by atoms with Crippen LogP contribution in [-0.4, -0.2) is 28.4 Å². The number of aryl methyl sites for hydroxylation is 3. The van der Waals surface area contributed by atoms with Crippen LogP contribution in [0.5, 0.6) is 0 Å². The van der Waals surface area contributed by atoms with E-state index in [1.807, 2.05) is 45.0 Å². The summed E-state index contributed by atoms with van der Waals surface area (Å²) in [7, 11) is 0. The normalized spacial score (nSPS) is 11.8. The first-order valence-electron chi connectivity index (χ1n) is 6.72. The summed E-state index contributed by atoms with van der Waals surface area (Å²) >= 11 is 1.64. The van der Waals surface area contributed by atoms with Crippen molar-refractivity contribution in [1.29, 1.82) is 0 Å². The summed E-state index contributed by atoms with van der Waals surface area (Å²) in [5.41, 5.74) is 2.49. The molecular formula is C16H21NO2S. The molecule has 0 aliphatic rings. The summed E-state index contributed by atoms with van der Waals surface area (Å²) < 4.78 is 0. The molecule has 0 aliphatic heterocycles. The van der Waals surface area contributed by atoms with E-state index < -0.39 is 5.41 Å². The van der Waals surface area contributed by atoms with Crippen LogP contribution >= 0.6 is 11.3 Å². The van der Waals surface area contributed by atoms with Crippen LogP contribution in [0, 0.1) is 20.8 Å². The van der Waals surface area contributed by atoms with E-state index in [0.29, 0.717) is 6.42 Å². The minimum atomic E-state index is -0.662. The Hall–Kier alpha value is -1.23. The van der Waals surface area contributed by atoms with Gasteiger partial charge in [-0.05, 0) is 26.3 Å². The maximum absolute atomic E-state index is 9.85. The van der Waals surface area contributed by atoms with Gasteiger partial charge in [0.25, 0.3) is 0 Å². The second kappa shape index (κ2) is 6.04. The van der Waals surface area contributed by atoms with E-state index in [1.165, 1.54) is 10.4 Å². The molecule has 20 heavy (non-hydrogen) atoms. The molecular weight excluding hydrogens is 270 g/mol. The fraction of sp³-hybridized carbons (Fsp3) is 0.438. The molecule has 0 atom stereocenters. The highest BCUT2D eigenvalue weighted by molar-refractivity contribution is 7.11. The Kier molecular flexibility index (Phi) is 4.58. The van der Waals surface area contributed by atoms with Crippen molar-refractivity contribution in [3.63, 3.8) is 0 Å². The number of aliphatic hydroxyl groups is 2. The van der Waals surface area contributed by atoms with Crippen molar-refractivity contribution < 1.29 is 10.2 Å². The molecule has 2 rings (SSSR count). The van der Waals surface area contributed by atoms with E-state index in [-0.39, 0.29) is 13.2 Å². The standard InChI is InChI=1S/C16H21NO2S/c1-11-4-6-14(7-5-11)16(9-18,10-19)8-15-17-12(2)13(3)20-15/h4-7,18-19H,8-10H2,1-3H3. The van der Waals surface area contributed by atoms with E-state index in [4.69, 9.17) is 0 Å². The molecule has 2 N–H and O–H groups in total. The van der Waals surface area contributed by atoms with E-state index in [1.54, 1.807) is 11.3 Å². The smallest absolute Gasteiger partial charge is 0.0941 e. The topological polar surface area (TPSA) is 53.4 Å². The first-order chi connectivity index (χ1) is 9.50. The predicted molar refractivity (Wildman–Crippen MR) is 82.3 cm³/mol. The van der Waals surface area contributed by atoms with Crippen LogP contribution in [0.25, 0.3) is 0 Å². The van der Waals surface area contributed by atoms with Gasteiger partial charge in [-0.15, -0.1) is 11.3 Å². The number of hydrogen-bond donors (Lipinski definition) is 2. The number of thiazole rings is 1. The lowest BCUT2D eigenvalue weighted by molar-refractivity contribution is 0.116. The van der Waals surface area contributed by atoms with Gasteiger partial charge in [-0.1, -0.05) is 29.8 Å². The molecule has 4 heteroatoms. The van der Waals surface area contributed by atoms with Crippen molar-refractivity contribution in [1.82, 2.24) is 4.98 Å². The number of rotatable bonds is 5. The van der Waals surface area contributed by atoms with Gasteiger partial charge in [0.15, 0.2) is 0 Å². The van der Waals surface area contributed by atoms with Gasteiger partial charge in [-0.3, -0.25) is 0 Å². The molecule has 0 fully saturated rings. The van der Waals surface area contributed by atoms with Gasteiger partial charge in [0.1, 0.15) is 0 Å². The monoisotopic (exact) mass is 291 g/mol. The highest BCUT2D eigenvalue weighted by Crippen LogP contribution is 2.30. The predicted octanol–water partition coefficient (Wildman–Crippen LogP) is 2.53. The SMILES string of the molecule is Cc1ccc(C(CO)(CO)Cc2nc(C)c(C)s2)cc1. The van der Waals surface area contributed by atoms with E-state index in [0.717, 1.165) is 16.3 Å². The zero-order valence-corrected chi connectivity index (χ0v) is 13.0. The van der Waals surface area contributed by atoms with E-state index in [2.05, 4.69) is 4.98 Å². The molecule has 1 heterocycles. The lowest BCUT2D eigenvalue weighted by Gasteiger charge is -2.29. The molecule has 0 saturated carbocycles. The Morgan fingerprint density at radius 2 is 1.65 bits per heavy atom. The third kappa shape index (κ3) is 2.92. The molecule has 0 spiro atoms. The van der Waals surface area contributed by atoms with Crippen LogP contribution < -0.4 is 0 Å². The first kappa shape index (κ1) is 15.2. The zero-order valence-electron chi connectivity index (χ0n) is 12.2. The third-order valence-corrected chi connectivity index (χ3v) is 4.90. The summed E-state index contributed by atoms with van der Waals surface area (Å²) in [5, 5.41) is 20.7. The van der Waals surface area contributed by atoms with Crippen LogP contribution in [0.1, 0.15) is 26.7 Å². The highest BCUT2D eigenvalue weighted by Gasteiger charge is 2.32. The fourth-order valence-electron chi connectivity index (χ4n) is 2.26. The highest BCUT2D eigenvalue weighted by atomic mass is 32.1. The number of nitrogens with zero attached hydrogens (tertiary/aromatic N) is 1. The average Bonchev–Trinajstić information content (AvgIpc) is 2.76. The summed E-state index contributed by atoms with van der Waals surface area (Å²) in [6.45, 7) is 5.87. The van der Waals surface area contributed by atoms with Crippen molar-refractivity contribution in [3.8, 4) is 0 Å². The van der Waals surface area contributed by atoms with Crippen molar-refractivity contribution in [2.75, 3.05) is 13.2 Å². The van der Waals surface area contributed by atoms with Crippen LogP contribution in [0.2, 0.25) is 0 Å². The number of aromatic nitrogens is 1. The molecule has 1 aromatic carbocycles. The van der Waals surface area contributed by atoms with Crippen molar-refractivity contribution in [2.24, 2.45) is 0 Å². The average molecular weight is 291 g/mol. The van der Waals surface area contributed by atoms with E-state index in [9.17, 15) is 10.2 Å². The summed E-state index contributed by atoms with van der Waals surface area (Å²) in [6, 6.07) is 7.98. The van der Waals surface area contributed by atoms with Gasteiger partial charge in [0, 0.05) is 16.7 Å². The number of benzene rings is 1. The van der Waals surface area contributed by atoms with Gasteiger partial charge in [-0.25, -0.2) is 4.98 Å². The Morgan fingerprint density at radius 3 is 2.10 bits per heavy atom. The second-order valence-electron chi connectivity index (χ2n) is 5.39. The van der Waals surface area contributed by atoms with E-state index >= 15 is 0 Å². The van der Waals surface area contributed by atoms with Gasteiger partial charge >= 0.3 is 0 Å². The number of hydrogen-bond acceptors (Lipinski definition) is 4. The molecule has 0 bridgehead atoms. The van der Waals surface area contributed by atoms with Gasteiger partial charge < -0.3 is 10.2 Å². The van der Waals surface area contributed by atoms with Crippen LogP contribution in [0.15, 0.2) is 24.3 Å². The maximum Gasteiger partial charge on any atom is 0.0941 e. The minimum absolute atomic E-state index is 0.0930. The van der Waals surface area contributed by atoms with Crippen LogP contribution in [-0.2, 0) is 11.8 Å². The minimum Gasteiger partial charge on any atom is -0.395 e. The van der Waals surface area contributed by atoms with Gasteiger partial charge in [0.05, 0.1) is 23.9 Å². The van der Waals surface area contributed by atoms with Crippen LogP contribution in [0.4, 0.5) is 0 Å². The molecule has 108 valence electrons.